The van der Waals surface area contributed by atoms with Crippen molar-refractivity contribution in [3.8, 4) is 0 Å². The van der Waals surface area contributed by atoms with Gasteiger partial charge in [-0.2, -0.15) is 0 Å². The summed E-state index contributed by atoms with van der Waals surface area (Å²) in [7, 11) is 0. The third-order valence-corrected chi connectivity index (χ3v) is 1.55. The largest absolute Gasteiger partial charge is 0.387 e. The van der Waals surface area contributed by atoms with Gasteiger partial charge in [-0.15, -0.1) is 0 Å². The fourth-order valence-electron chi connectivity index (χ4n) is 0.800. The van der Waals surface area contributed by atoms with Crippen LogP contribution in [0.2, 0.25) is 0 Å². The maximum Gasteiger partial charge on any atom is 0.177 e. The number of ether oxygens (including phenoxy) is 2. The van der Waals surface area contributed by atoms with Gasteiger partial charge >= 0.3 is 0 Å². The molecule has 12 heavy (non-hydrogen) atoms. The van der Waals surface area contributed by atoms with Crippen LogP contribution in [0.1, 0.15) is 0 Å². The van der Waals surface area contributed by atoms with Gasteiger partial charge in [0.15, 0.2) is 6.29 Å². The molecule has 1 heterocycles. The minimum atomic E-state index is -0.503. The highest BCUT2D eigenvalue weighted by molar-refractivity contribution is 9.11. The Labute approximate surface area is 79.8 Å². The lowest BCUT2D eigenvalue weighted by atomic mass is 10.3. The van der Waals surface area contributed by atoms with Crippen LogP contribution in [-0.2, 0) is 9.47 Å². The maximum atomic E-state index is 9.01. The number of hydrogen-bond donors (Lipinski definition) is 1. The topological polar surface area (TPSA) is 38.7 Å². The molecule has 0 bridgehead atoms. The molecule has 0 aliphatic carbocycles. The second kappa shape index (κ2) is 4.77. The number of aliphatic hydroxyl groups excluding tert-OH is 1. The minimum absolute atomic E-state index is 0.288. The van der Waals surface area contributed by atoms with Crippen molar-refractivity contribution >= 4 is 15.9 Å². The van der Waals surface area contributed by atoms with E-state index in [0.717, 1.165) is 4.48 Å². The van der Waals surface area contributed by atoms with E-state index in [1.54, 1.807) is 12.2 Å². The number of rotatable bonds is 3. The minimum Gasteiger partial charge on any atom is -0.387 e. The molecule has 1 aliphatic rings. The molecule has 1 rings (SSSR count). The maximum absolute atomic E-state index is 9.01. The van der Waals surface area contributed by atoms with E-state index >= 15 is 0 Å². The first-order valence-corrected chi connectivity index (χ1v) is 4.40. The number of halogens is 1. The molecule has 0 saturated heterocycles. The fourth-order valence-corrected chi connectivity index (χ4v) is 0.932. The summed E-state index contributed by atoms with van der Waals surface area (Å²) >= 11 is 3.16. The molecule has 0 unspecified atom stereocenters. The smallest absolute Gasteiger partial charge is 0.177 e. The molecule has 0 aromatic rings. The lowest BCUT2D eigenvalue weighted by Gasteiger charge is -2.20. The summed E-state index contributed by atoms with van der Waals surface area (Å²) in [5, 5.41) is 9.01. The number of hydrogen-bond acceptors (Lipinski definition) is 3. The van der Waals surface area contributed by atoms with Gasteiger partial charge in [0, 0.05) is 4.48 Å². The van der Waals surface area contributed by atoms with Crippen LogP contribution in [0.5, 0.6) is 0 Å². The van der Waals surface area contributed by atoms with Crippen LogP contribution in [0.4, 0.5) is 0 Å². The van der Waals surface area contributed by atoms with Crippen LogP contribution in [-0.4, -0.2) is 30.7 Å². The summed E-state index contributed by atoms with van der Waals surface area (Å²) in [6.07, 6.45) is 2.48. The highest BCUT2D eigenvalue weighted by Crippen LogP contribution is 2.09. The molecule has 68 valence electrons. The summed E-state index contributed by atoms with van der Waals surface area (Å²) in [6.45, 7) is 4.31. The second-order valence-corrected chi connectivity index (χ2v) is 3.60. The second-order valence-electron chi connectivity index (χ2n) is 2.48. The average Bonchev–Trinajstić information content (AvgIpc) is 2.03. The molecule has 0 aromatic heterocycles. The third kappa shape index (κ3) is 3.49. The molecule has 0 aromatic carbocycles. The van der Waals surface area contributed by atoms with Crippen molar-refractivity contribution in [1.29, 1.82) is 0 Å². The molecule has 1 aliphatic heterocycles. The quantitative estimate of drug-likeness (QED) is 0.746. The Hall–Kier alpha value is -0.160. The monoisotopic (exact) mass is 234 g/mol. The van der Waals surface area contributed by atoms with Gasteiger partial charge in [0.2, 0.25) is 0 Å². The summed E-state index contributed by atoms with van der Waals surface area (Å²) in [4.78, 5) is 0. The van der Waals surface area contributed by atoms with Crippen molar-refractivity contribution in [2.45, 2.75) is 12.4 Å². The Morgan fingerprint density at radius 1 is 1.75 bits per heavy atom. The zero-order valence-electron chi connectivity index (χ0n) is 6.57. The van der Waals surface area contributed by atoms with E-state index in [1.807, 2.05) is 0 Å². The highest BCUT2D eigenvalue weighted by atomic mass is 79.9. The van der Waals surface area contributed by atoms with Crippen LogP contribution in [0.15, 0.2) is 23.2 Å². The van der Waals surface area contributed by atoms with Gasteiger partial charge in [-0.1, -0.05) is 28.6 Å². The lowest BCUT2D eigenvalue weighted by Crippen LogP contribution is -2.26. The van der Waals surface area contributed by atoms with Crippen molar-refractivity contribution in [3.05, 3.63) is 23.2 Å². The summed E-state index contributed by atoms with van der Waals surface area (Å²) in [6, 6.07) is 0. The van der Waals surface area contributed by atoms with Crippen LogP contribution in [0.25, 0.3) is 0 Å². The third-order valence-electron chi connectivity index (χ3n) is 1.33. The lowest BCUT2D eigenvalue weighted by molar-refractivity contribution is -0.126. The Morgan fingerprint density at radius 3 is 3.00 bits per heavy atom. The molecule has 0 amide bonds. The van der Waals surface area contributed by atoms with E-state index in [9.17, 15) is 0 Å². The normalized spacial score (nSPS) is 28.8. The standard InChI is InChI=1S/C8H11BrO3/c1-6(9)4-11-8-3-2-7(10)5-12-8/h2-3,7-8,10H,1,4-5H2/t7-,8-/m1/s1. The molecular weight excluding hydrogens is 224 g/mol. The zero-order valence-corrected chi connectivity index (χ0v) is 8.16. The number of aliphatic hydroxyl groups is 1. The molecule has 0 fully saturated rings. The van der Waals surface area contributed by atoms with Gasteiger partial charge in [-0.25, -0.2) is 0 Å². The highest BCUT2D eigenvalue weighted by Gasteiger charge is 2.13. The first kappa shape index (κ1) is 9.92. The van der Waals surface area contributed by atoms with Crippen LogP contribution in [0, 0.1) is 0 Å². The Balaban J connectivity index is 2.26. The van der Waals surface area contributed by atoms with E-state index in [0.29, 0.717) is 6.61 Å². The molecule has 1 N–H and O–H groups in total. The summed E-state index contributed by atoms with van der Waals surface area (Å²) in [5.41, 5.74) is 0. The molecule has 2 atom stereocenters. The van der Waals surface area contributed by atoms with Crippen LogP contribution < -0.4 is 0 Å². The molecular formula is C8H11BrO3. The van der Waals surface area contributed by atoms with Gasteiger partial charge in [-0.3, -0.25) is 0 Å². The fraction of sp³-hybridized carbons (Fsp3) is 0.500. The molecule has 0 saturated carbocycles. The van der Waals surface area contributed by atoms with Crippen LogP contribution in [0.3, 0.4) is 0 Å². The van der Waals surface area contributed by atoms with E-state index in [1.165, 1.54) is 0 Å². The molecule has 0 spiro atoms. The Bertz CT molecular complexity index is 191. The zero-order chi connectivity index (χ0) is 8.97. The summed E-state index contributed by atoms with van der Waals surface area (Å²) in [5.74, 6) is 0. The van der Waals surface area contributed by atoms with E-state index < -0.39 is 6.10 Å². The molecule has 4 heteroatoms. The van der Waals surface area contributed by atoms with Crippen molar-refractivity contribution in [1.82, 2.24) is 0 Å². The Morgan fingerprint density at radius 2 is 2.50 bits per heavy atom. The predicted molar refractivity (Wildman–Crippen MR) is 48.9 cm³/mol. The first-order valence-electron chi connectivity index (χ1n) is 3.61. The average molecular weight is 235 g/mol. The van der Waals surface area contributed by atoms with Gasteiger partial charge in [0.25, 0.3) is 0 Å². The van der Waals surface area contributed by atoms with Gasteiger partial charge in [-0.05, 0) is 6.08 Å². The van der Waals surface area contributed by atoms with E-state index in [-0.39, 0.29) is 12.9 Å². The van der Waals surface area contributed by atoms with Gasteiger partial charge < -0.3 is 14.6 Å². The molecule has 3 nitrogen and oxygen atoms in total. The molecule has 0 radical (unpaired) electrons. The van der Waals surface area contributed by atoms with E-state index in [2.05, 4.69) is 22.5 Å². The van der Waals surface area contributed by atoms with Gasteiger partial charge in [0.1, 0.15) is 0 Å². The van der Waals surface area contributed by atoms with Crippen molar-refractivity contribution < 1.29 is 14.6 Å². The SMILES string of the molecule is C=C(Br)CO[C@H]1C=C[C@@H](O)CO1. The Kier molecular flexibility index (Phi) is 3.94. The van der Waals surface area contributed by atoms with Crippen molar-refractivity contribution in [2.24, 2.45) is 0 Å². The first-order chi connectivity index (χ1) is 5.68. The van der Waals surface area contributed by atoms with Crippen molar-refractivity contribution in [3.63, 3.8) is 0 Å². The predicted octanol–water partition coefficient (Wildman–Crippen LogP) is 1.18. The van der Waals surface area contributed by atoms with Gasteiger partial charge in [0.05, 0.1) is 19.3 Å². The van der Waals surface area contributed by atoms with E-state index in [4.69, 9.17) is 14.6 Å². The van der Waals surface area contributed by atoms with Crippen LogP contribution >= 0.6 is 15.9 Å². The van der Waals surface area contributed by atoms with Crippen molar-refractivity contribution in [2.75, 3.05) is 13.2 Å². The summed E-state index contributed by atoms with van der Waals surface area (Å²) < 4.78 is 11.1.